The molecule has 3 aromatic carbocycles. The summed E-state index contributed by atoms with van der Waals surface area (Å²) in [7, 11) is 0. The highest BCUT2D eigenvalue weighted by molar-refractivity contribution is 5.78. The van der Waals surface area contributed by atoms with E-state index in [4.69, 9.17) is 9.47 Å². The van der Waals surface area contributed by atoms with Crippen LogP contribution in [0.25, 0.3) is 0 Å². The van der Waals surface area contributed by atoms with Crippen LogP contribution in [0.4, 0.5) is 4.39 Å². The van der Waals surface area contributed by atoms with Gasteiger partial charge in [0.05, 0.1) is 12.5 Å². The zero-order valence-electron chi connectivity index (χ0n) is 21.4. The van der Waals surface area contributed by atoms with Gasteiger partial charge in [-0.05, 0) is 78.1 Å². The van der Waals surface area contributed by atoms with Gasteiger partial charge in [0.15, 0.2) is 0 Å². The van der Waals surface area contributed by atoms with Gasteiger partial charge in [0.25, 0.3) is 0 Å². The molecule has 1 atom stereocenters. The molecule has 0 saturated carbocycles. The van der Waals surface area contributed by atoms with Crippen molar-refractivity contribution < 1.29 is 28.6 Å². The van der Waals surface area contributed by atoms with Crippen molar-refractivity contribution in [3.63, 3.8) is 0 Å². The quantitative estimate of drug-likeness (QED) is 0.264. The fourth-order valence-corrected chi connectivity index (χ4v) is 4.04. The molecule has 1 amide bonds. The van der Waals surface area contributed by atoms with Gasteiger partial charge in [-0.2, -0.15) is 0 Å². The molecule has 1 aliphatic rings. The molecule has 0 heterocycles. The Kier molecular flexibility index (Phi) is 9.67. The summed E-state index contributed by atoms with van der Waals surface area (Å²) in [6.45, 7) is 0.286. The van der Waals surface area contributed by atoms with Crippen molar-refractivity contribution in [2.45, 2.75) is 38.3 Å². The van der Waals surface area contributed by atoms with E-state index in [1.54, 1.807) is 42.5 Å². The third kappa shape index (κ3) is 9.00. The van der Waals surface area contributed by atoms with Crippen molar-refractivity contribution in [2.75, 3.05) is 0 Å². The van der Waals surface area contributed by atoms with Crippen LogP contribution in [0.1, 0.15) is 42.9 Å². The van der Waals surface area contributed by atoms with Gasteiger partial charge in [0, 0.05) is 6.42 Å². The Labute approximate surface area is 227 Å². The summed E-state index contributed by atoms with van der Waals surface area (Å²) in [6.07, 6.45) is 11.5. The summed E-state index contributed by atoms with van der Waals surface area (Å²) < 4.78 is 24.8. The molecule has 1 unspecified atom stereocenters. The molecule has 0 aromatic heterocycles. The Hall–Kier alpha value is -4.65. The van der Waals surface area contributed by atoms with E-state index >= 15 is 0 Å². The molecule has 0 radical (unpaired) electrons. The molecule has 2 N–H and O–H groups in total. The zero-order valence-corrected chi connectivity index (χ0v) is 21.4. The van der Waals surface area contributed by atoms with Crippen molar-refractivity contribution in [2.24, 2.45) is 0 Å². The average molecular weight is 528 g/mol. The molecule has 6 nitrogen and oxygen atoms in total. The van der Waals surface area contributed by atoms with Crippen molar-refractivity contribution in [3.8, 4) is 17.2 Å². The van der Waals surface area contributed by atoms with Gasteiger partial charge in [-0.15, -0.1) is 0 Å². The molecule has 3 aromatic rings. The van der Waals surface area contributed by atoms with Crippen LogP contribution in [0.5, 0.6) is 17.2 Å². The molecule has 4 rings (SSSR count). The molecular weight excluding hydrogens is 497 g/mol. The Morgan fingerprint density at radius 2 is 1.72 bits per heavy atom. The highest BCUT2D eigenvalue weighted by Gasteiger charge is 2.18. The summed E-state index contributed by atoms with van der Waals surface area (Å²) in [5.74, 6) is 0.209. The van der Waals surface area contributed by atoms with Gasteiger partial charge in [0.2, 0.25) is 5.91 Å². The van der Waals surface area contributed by atoms with Crippen LogP contribution in [0.15, 0.2) is 109 Å². The van der Waals surface area contributed by atoms with Gasteiger partial charge in [-0.25, -0.2) is 4.39 Å². The predicted molar refractivity (Wildman–Crippen MR) is 147 cm³/mol. The molecule has 0 aliphatic heterocycles. The Bertz CT molecular complexity index is 1360. The number of allylic oxidation sites excluding steroid dienone is 6. The first-order chi connectivity index (χ1) is 18.9. The van der Waals surface area contributed by atoms with Gasteiger partial charge < -0.3 is 19.9 Å². The first kappa shape index (κ1) is 27.4. The van der Waals surface area contributed by atoms with Crippen LogP contribution in [-0.2, 0) is 16.2 Å². The maximum atomic E-state index is 13.1. The number of carboxylic acid groups (broad SMARTS) is 1. The van der Waals surface area contributed by atoms with E-state index < -0.39 is 12.0 Å². The average Bonchev–Trinajstić information content (AvgIpc) is 3.21. The lowest BCUT2D eigenvalue weighted by atomic mass is 10.0. The second kappa shape index (κ2) is 13.8. The number of carboxylic acids is 1. The Balaban J connectivity index is 1.32. The third-order valence-corrected chi connectivity index (χ3v) is 6.04. The maximum Gasteiger partial charge on any atom is 0.305 e. The standard InChI is InChI=1S/C32H30FNO5/c33-26-13-17-28(18-14-26)39-29-9-5-8-24(20-29)22-38-27-15-11-25(12-16-27)30(21-32(36)37)34-31(35)19-10-23-6-3-1-2-4-7-23/h1,3-9,11-18,20,30H,2,10,19,21-22H2,(H,34,35)(H,36,37). The van der Waals surface area contributed by atoms with E-state index in [-0.39, 0.29) is 31.2 Å². The van der Waals surface area contributed by atoms with Crippen LogP contribution in [0.3, 0.4) is 0 Å². The Morgan fingerprint density at radius 3 is 2.49 bits per heavy atom. The van der Waals surface area contributed by atoms with Crippen molar-refractivity contribution >= 4 is 11.9 Å². The lowest BCUT2D eigenvalue weighted by molar-refractivity contribution is -0.137. The molecule has 0 bridgehead atoms. The number of hydrogen-bond donors (Lipinski definition) is 2. The van der Waals surface area contributed by atoms with E-state index in [1.165, 1.54) is 12.1 Å². The number of carbonyl (C=O) groups excluding carboxylic acids is 1. The number of carbonyl (C=O) groups is 2. The number of nitrogens with one attached hydrogen (secondary N) is 1. The molecule has 200 valence electrons. The number of halogens is 1. The van der Waals surface area contributed by atoms with Gasteiger partial charge in [-0.1, -0.05) is 54.6 Å². The lowest BCUT2D eigenvalue weighted by Gasteiger charge is -2.18. The number of ether oxygens (including phenoxy) is 2. The van der Waals surface area contributed by atoms with Crippen LogP contribution in [0.2, 0.25) is 0 Å². The summed E-state index contributed by atoms with van der Waals surface area (Å²) >= 11 is 0. The highest BCUT2D eigenvalue weighted by Crippen LogP contribution is 2.25. The van der Waals surface area contributed by atoms with E-state index in [9.17, 15) is 19.1 Å². The lowest BCUT2D eigenvalue weighted by Crippen LogP contribution is -2.30. The van der Waals surface area contributed by atoms with Crippen molar-refractivity contribution in [3.05, 3.63) is 126 Å². The molecule has 39 heavy (non-hydrogen) atoms. The van der Waals surface area contributed by atoms with Crippen molar-refractivity contribution in [1.29, 1.82) is 0 Å². The largest absolute Gasteiger partial charge is 0.489 e. The fraction of sp³-hybridized carbons (Fsp3) is 0.188. The second-order valence-electron chi connectivity index (χ2n) is 9.09. The molecule has 0 saturated heterocycles. The predicted octanol–water partition coefficient (Wildman–Crippen LogP) is 7.05. The first-order valence-corrected chi connectivity index (χ1v) is 12.7. The molecule has 7 heteroatoms. The molecule has 1 aliphatic carbocycles. The second-order valence-corrected chi connectivity index (χ2v) is 9.09. The van der Waals surface area contributed by atoms with Crippen LogP contribution in [-0.4, -0.2) is 17.0 Å². The normalized spacial score (nSPS) is 13.2. The highest BCUT2D eigenvalue weighted by atomic mass is 19.1. The van der Waals surface area contributed by atoms with E-state index in [1.807, 2.05) is 48.6 Å². The molecular formula is C32H30FNO5. The van der Waals surface area contributed by atoms with Crippen molar-refractivity contribution in [1.82, 2.24) is 5.32 Å². The summed E-state index contributed by atoms with van der Waals surface area (Å²) in [6, 6.07) is 19.6. The number of aliphatic carboxylic acids is 1. The first-order valence-electron chi connectivity index (χ1n) is 12.7. The smallest absolute Gasteiger partial charge is 0.305 e. The number of hydrogen-bond acceptors (Lipinski definition) is 4. The van der Waals surface area contributed by atoms with Crippen LogP contribution < -0.4 is 14.8 Å². The fourth-order valence-electron chi connectivity index (χ4n) is 4.04. The Morgan fingerprint density at radius 1 is 0.949 bits per heavy atom. The summed E-state index contributed by atoms with van der Waals surface area (Å²) in [5, 5.41) is 12.2. The minimum absolute atomic E-state index is 0.202. The monoisotopic (exact) mass is 527 g/mol. The SMILES string of the molecule is O=C(O)CC(NC(=O)CCC1=CC=CCC=C1)c1ccc(OCc2cccc(Oc3ccc(F)cc3)c2)cc1. The summed E-state index contributed by atoms with van der Waals surface area (Å²) in [5.41, 5.74) is 2.62. The summed E-state index contributed by atoms with van der Waals surface area (Å²) in [4.78, 5) is 24.1. The zero-order chi connectivity index (χ0) is 27.5. The van der Waals surface area contributed by atoms with Crippen LogP contribution in [0, 0.1) is 5.82 Å². The van der Waals surface area contributed by atoms with Gasteiger partial charge in [-0.3, -0.25) is 9.59 Å². The maximum absolute atomic E-state index is 13.1. The topological polar surface area (TPSA) is 84.9 Å². The number of amides is 1. The molecule has 0 fully saturated rings. The number of benzene rings is 3. The van der Waals surface area contributed by atoms with E-state index in [2.05, 4.69) is 5.32 Å². The third-order valence-electron chi connectivity index (χ3n) is 6.04. The minimum atomic E-state index is -0.997. The van der Waals surface area contributed by atoms with E-state index in [0.717, 1.165) is 17.6 Å². The van der Waals surface area contributed by atoms with Gasteiger partial charge in [0.1, 0.15) is 29.7 Å². The molecule has 0 spiro atoms. The van der Waals surface area contributed by atoms with Crippen LogP contribution >= 0.6 is 0 Å². The number of rotatable bonds is 12. The minimum Gasteiger partial charge on any atom is -0.489 e. The van der Waals surface area contributed by atoms with Gasteiger partial charge >= 0.3 is 5.97 Å². The van der Waals surface area contributed by atoms with E-state index in [0.29, 0.717) is 29.2 Å².